The maximum atomic E-state index is 12.0. The van der Waals surface area contributed by atoms with Crippen LogP contribution in [-0.2, 0) is 19.5 Å². The Balaban J connectivity index is 0.00000676. The summed E-state index contributed by atoms with van der Waals surface area (Å²) in [5, 5.41) is 6.11. The molecule has 1 rings (SSSR count). The molecule has 0 aromatic rings. The quantitative estimate of drug-likeness (QED) is 0.155. The number of sulfonamides is 1. The van der Waals surface area contributed by atoms with Crippen molar-refractivity contribution >= 4 is 40.0 Å². The molecule has 1 atom stereocenters. The first-order valence-electron chi connectivity index (χ1n) is 9.54. The summed E-state index contributed by atoms with van der Waals surface area (Å²) in [6.07, 6.45) is 4.11. The molecule has 0 bridgehead atoms. The molecule has 27 heavy (non-hydrogen) atoms. The number of hydrogen-bond acceptors (Lipinski definition) is 5. The fourth-order valence-electron chi connectivity index (χ4n) is 2.45. The molecule has 0 spiro atoms. The predicted octanol–water partition coefficient (Wildman–Crippen LogP) is 1.32. The van der Waals surface area contributed by atoms with Gasteiger partial charge in [0.1, 0.15) is 0 Å². The Labute approximate surface area is 181 Å². The summed E-state index contributed by atoms with van der Waals surface area (Å²) in [7, 11) is -1.67. The Kier molecular flexibility index (Phi) is 15.6. The van der Waals surface area contributed by atoms with Crippen LogP contribution in [0.1, 0.15) is 39.5 Å². The number of ether oxygens (including phenoxy) is 2. The smallest absolute Gasteiger partial charge is 0.213 e. The topological polar surface area (TPSA) is 101 Å². The molecule has 0 amide bonds. The van der Waals surface area contributed by atoms with Crippen molar-refractivity contribution in [2.24, 2.45) is 10.9 Å². The molecule has 1 fully saturated rings. The van der Waals surface area contributed by atoms with Gasteiger partial charge in [-0.1, -0.05) is 13.8 Å². The van der Waals surface area contributed by atoms with Crippen molar-refractivity contribution in [3.8, 4) is 0 Å². The Morgan fingerprint density at radius 3 is 2.59 bits per heavy atom. The van der Waals surface area contributed by atoms with E-state index in [1.54, 1.807) is 7.05 Å². The second-order valence-corrected chi connectivity index (χ2v) is 8.80. The van der Waals surface area contributed by atoms with Gasteiger partial charge in [0, 0.05) is 39.9 Å². The second kappa shape index (κ2) is 15.7. The lowest BCUT2D eigenvalue weighted by Crippen LogP contribution is -2.43. The third-order valence-electron chi connectivity index (χ3n) is 4.07. The van der Waals surface area contributed by atoms with Crippen LogP contribution in [0.4, 0.5) is 0 Å². The molecule has 10 heteroatoms. The monoisotopic (exact) mass is 520 g/mol. The lowest BCUT2D eigenvalue weighted by atomic mass is 10.1. The first-order chi connectivity index (χ1) is 12.4. The average molecular weight is 520 g/mol. The van der Waals surface area contributed by atoms with E-state index in [2.05, 4.69) is 34.2 Å². The maximum absolute atomic E-state index is 12.0. The molecule has 0 aliphatic carbocycles. The van der Waals surface area contributed by atoms with Crippen LogP contribution in [0, 0.1) is 5.92 Å². The van der Waals surface area contributed by atoms with Crippen molar-refractivity contribution < 1.29 is 17.9 Å². The number of hydrogen-bond donors (Lipinski definition) is 3. The third-order valence-corrected chi connectivity index (χ3v) is 5.42. The molecule has 8 nitrogen and oxygen atoms in total. The van der Waals surface area contributed by atoms with Crippen LogP contribution in [0.5, 0.6) is 0 Å². The minimum Gasteiger partial charge on any atom is -0.380 e. The average Bonchev–Trinajstić information content (AvgIpc) is 2.62. The van der Waals surface area contributed by atoms with Gasteiger partial charge in [-0.25, -0.2) is 13.1 Å². The molecule has 1 heterocycles. The van der Waals surface area contributed by atoms with Gasteiger partial charge in [0.2, 0.25) is 10.0 Å². The van der Waals surface area contributed by atoms with E-state index >= 15 is 0 Å². The molecule has 3 N–H and O–H groups in total. The van der Waals surface area contributed by atoms with E-state index in [0.29, 0.717) is 31.6 Å². The molecule has 0 aromatic carbocycles. The summed E-state index contributed by atoms with van der Waals surface area (Å²) < 4.78 is 37.8. The molecule has 1 aliphatic heterocycles. The molecule has 1 saturated heterocycles. The second-order valence-electron chi connectivity index (χ2n) is 6.88. The molecule has 0 saturated carbocycles. The van der Waals surface area contributed by atoms with Crippen LogP contribution in [0.2, 0.25) is 0 Å². The van der Waals surface area contributed by atoms with Crippen LogP contribution >= 0.6 is 24.0 Å². The molecule has 0 aromatic heterocycles. The number of nitrogens with zero attached hydrogens (tertiary/aromatic N) is 1. The maximum Gasteiger partial charge on any atom is 0.213 e. The van der Waals surface area contributed by atoms with E-state index in [-0.39, 0.29) is 42.4 Å². The summed E-state index contributed by atoms with van der Waals surface area (Å²) in [5.74, 6) is 1.20. The Hall–Kier alpha value is -0.170. The van der Waals surface area contributed by atoms with Crippen molar-refractivity contribution in [2.45, 2.75) is 45.6 Å². The van der Waals surface area contributed by atoms with E-state index in [0.717, 1.165) is 38.9 Å². The third kappa shape index (κ3) is 14.5. The number of halogens is 1. The van der Waals surface area contributed by atoms with Crippen molar-refractivity contribution in [3.05, 3.63) is 0 Å². The van der Waals surface area contributed by atoms with Crippen LogP contribution in [0.25, 0.3) is 0 Å². The van der Waals surface area contributed by atoms with Gasteiger partial charge in [-0.15, -0.1) is 24.0 Å². The van der Waals surface area contributed by atoms with Crippen LogP contribution in [-0.4, -0.2) is 72.7 Å². The first kappa shape index (κ1) is 26.8. The standard InChI is InChI=1S/C17H36N4O4S.HI/c1-15(2)7-11-24-12-8-19-17(18-3)20-9-13-26(22,23)21-14-16-6-4-5-10-25-16;/h15-16,21H,4-14H2,1-3H3,(H2,18,19,20);1H. The van der Waals surface area contributed by atoms with E-state index in [1.165, 1.54) is 0 Å². The molecule has 0 radical (unpaired) electrons. The molecular formula is C17H37IN4O4S. The van der Waals surface area contributed by atoms with Crippen LogP contribution < -0.4 is 15.4 Å². The van der Waals surface area contributed by atoms with E-state index < -0.39 is 10.0 Å². The largest absolute Gasteiger partial charge is 0.380 e. The zero-order valence-electron chi connectivity index (χ0n) is 16.8. The zero-order chi connectivity index (χ0) is 19.3. The lowest BCUT2D eigenvalue weighted by Gasteiger charge is -2.22. The van der Waals surface area contributed by atoms with Gasteiger partial charge in [0.05, 0.1) is 18.5 Å². The van der Waals surface area contributed by atoms with Gasteiger partial charge in [0.15, 0.2) is 5.96 Å². The van der Waals surface area contributed by atoms with E-state index in [9.17, 15) is 8.42 Å². The van der Waals surface area contributed by atoms with E-state index in [1.807, 2.05) is 0 Å². The number of nitrogens with one attached hydrogen (secondary N) is 3. The number of rotatable bonds is 12. The molecule has 162 valence electrons. The van der Waals surface area contributed by atoms with Gasteiger partial charge in [0.25, 0.3) is 0 Å². The highest BCUT2D eigenvalue weighted by atomic mass is 127. The van der Waals surface area contributed by atoms with Crippen molar-refractivity contribution in [3.63, 3.8) is 0 Å². The normalized spacial score (nSPS) is 18.2. The summed E-state index contributed by atoms with van der Waals surface area (Å²) in [6, 6.07) is 0. The highest BCUT2D eigenvalue weighted by Crippen LogP contribution is 2.11. The summed E-state index contributed by atoms with van der Waals surface area (Å²) in [5.41, 5.74) is 0. The highest BCUT2D eigenvalue weighted by Gasteiger charge is 2.17. The van der Waals surface area contributed by atoms with Gasteiger partial charge in [-0.3, -0.25) is 4.99 Å². The van der Waals surface area contributed by atoms with Gasteiger partial charge in [-0.2, -0.15) is 0 Å². The summed E-state index contributed by atoms with van der Waals surface area (Å²) >= 11 is 0. The Morgan fingerprint density at radius 1 is 1.22 bits per heavy atom. The van der Waals surface area contributed by atoms with Crippen molar-refractivity contribution in [1.29, 1.82) is 0 Å². The Bertz CT molecular complexity index is 497. The molecule has 1 unspecified atom stereocenters. The fourth-order valence-corrected chi connectivity index (χ4v) is 3.40. The summed E-state index contributed by atoms with van der Waals surface area (Å²) in [6.45, 7) is 7.66. The van der Waals surface area contributed by atoms with Crippen LogP contribution in [0.15, 0.2) is 4.99 Å². The SMILES string of the molecule is CN=C(NCCOCCC(C)C)NCCS(=O)(=O)NCC1CCCCO1.I. The minimum atomic E-state index is -3.33. The minimum absolute atomic E-state index is 0. The fraction of sp³-hybridized carbons (Fsp3) is 0.941. The van der Waals surface area contributed by atoms with Crippen molar-refractivity contribution in [1.82, 2.24) is 15.4 Å². The highest BCUT2D eigenvalue weighted by molar-refractivity contribution is 14.0. The summed E-state index contributed by atoms with van der Waals surface area (Å²) in [4.78, 5) is 4.08. The zero-order valence-corrected chi connectivity index (χ0v) is 20.0. The van der Waals surface area contributed by atoms with Crippen LogP contribution in [0.3, 0.4) is 0 Å². The van der Waals surface area contributed by atoms with Gasteiger partial charge < -0.3 is 20.1 Å². The van der Waals surface area contributed by atoms with E-state index in [4.69, 9.17) is 9.47 Å². The lowest BCUT2D eigenvalue weighted by molar-refractivity contribution is 0.0200. The Morgan fingerprint density at radius 2 is 1.96 bits per heavy atom. The van der Waals surface area contributed by atoms with Gasteiger partial charge >= 0.3 is 0 Å². The molecule has 1 aliphatic rings. The number of aliphatic imine (C=N–C) groups is 1. The predicted molar refractivity (Wildman–Crippen MR) is 120 cm³/mol. The number of guanidine groups is 1. The first-order valence-corrected chi connectivity index (χ1v) is 11.2. The van der Waals surface area contributed by atoms with Crippen molar-refractivity contribution in [2.75, 3.05) is 52.3 Å². The molecular weight excluding hydrogens is 483 g/mol. The van der Waals surface area contributed by atoms with Gasteiger partial charge in [-0.05, 0) is 31.6 Å².